The summed E-state index contributed by atoms with van der Waals surface area (Å²) >= 11 is 0. The van der Waals surface area contributed by atoms with E-state index in [1.807, 2.05) is 18.2 Å². The lowest BCUT2D eigenvalue weighted by Crippen LogP contribution is -2.32. The molecule has 0 amide bonds. The number of benzene rings is 1. The molecule has 2 heterocycles. The average Bonchev–Trinajstić information content (AvgIpc) is 3.03. The number of hydrogen-bond donors (Lipinski definition) is 1. The fourth-order valence-electron chi connectivity index (χ4n) is 3.66. The van der Waals surface area contributed by atoms with Gasteiger partial charge in [0.25, 0.3) is 0 Å². The Balaban J connectivity index is 1.79. The van der Waals surface area contributed by atoms with Crippen LogP contribution in [0.3, 0.4) is 0 Å². The van der Waals surface area contributed by atoms with Gasteiger partial charge in [-0.25, -0.2) is 0 Å². The molecule has 0 radical (unpaired) electrons. The third kappa shape index (κ3) is 2.28. The fraction of sp³-hybridized carbons (Fsp3) is 0.562. The molecule has 1 aromatic rings. The molecular weight excluding hydrogens is 250 g/mol. The first kappa shape index (κ1) is 13.4. The van der Waals surface area contributed by atoms with Gasteiger partial charge in [0.15, 0.2) is 0 Å². The van der Waals surface area contributed by atoms with Gasteiger partial charge in [-0.05, 0) is 50.0 Å². The van der Waals surface area contributed by atoms with Gasteiger partial charge in [0.1, 0.15) is 5.75 Å². The number of fused-ring (bicyclic) bond motifs is 1. The van der Waals surface area contributed by atoms with E-state index in [1.165, 1.54) is 0 Å². The lowest BCUT2D eigenvalue weighted by molar-refractivity contribution is 0.228. The molecule has 20 heavy (non-hydrogen) atoms. The summed E-state index contributed by atoms with van der Waals surface area (Å²) in [5.74, 6) is 2.42. The van der Waals surface area contributed by atoms with Crippen LogP contribution in [-0.2, 0) is 6.54 Å². The molecule has 0 spiro atoms. The molecule has 3 unspecified atom stereocenters. The maximum atomic E-state index is 9.06. The standard InChI is InChI=1S/C16H21N3O/c1-11-15-8-18-7-14(15)10-19(11)9-13-5-12(6-17)3-4-16(13)20-2/h3-5,11,14-15,18H,7-10H2,1-2H3. The minimum Gasteiger partial charge on any atom is -0.496 e. The molecule has 2 fully saturated rings. The molecular formula is C16H21N3O. The monoisotopic (exact) mass is 271 g/mol. The van der Waals surface area contributed by atoms with E-state index in [2.05, 4.69) is 23.2 Å². The van der Waals surface area contributed by atoms with Crippen LogP contribution in [0.5, 0.6) is 5.75 Å². The number of nitriles is 1. The lowest BCUT2D eigenvalue weighted by Gasteiger charge is -2.25. The summed E-state index contributed by atoms with van der Waals surface area (Å²) in [7, 11) is 1.69. The molecule has 1 N–H and O–H groups in total. The average molecular weight is 271 g/mol. The zero-order valence-electron chi connectivity index (χ0n) is 12.1. The van der Waals surface area contributed by atoms with Crippen LogP contribution in [-0.4, -0.2) is 37.7 Å². The normalized spacial score (nSPS) is 29.1. The van der Waals surface area contributed by atoms with Crippen LogP contribution >= 0.6 is 0 Å². The zero-order chi connectivity index (χ0) is 14.1. The van der Waals surface area contributed by atoms with E-state index < -0.39 is 0 Å². The molecule has 4 nitrogen and oxygen atoms in total. The van der Waals surface area contributed by atoms with Gasteiger partial charge in [0, 0.05) is 24.7 Å². The largest absolute Gasteiger partial charge is 0.496 e. The minimum absolute atomic E-state index is 0.588. The van der Waals surface area contributed by atoms with Crippen molar-refractivity contribution in [2.75, 3.05) is 26.7 Å². The summed E-state index contributed by atoms with van der Waals surface area (Å²) in [6.07, 6.45) is 0. The van der Waals surface area contributed by atoms with Crippen LogP contribution in [0, 0.1) is 23.2 Å². The van der Waals surface area contributed by atoms with Crippen LogP contribution in [0.2, 0.25) is 0 Å². The van der Waals surface area contributed by atoms with Gasteiger partial charge >= 0.3 is 0 Å². The molecule has 3 atom stereocenters. The summed E-state index contributed by atoms with van der Waals surface area (Å²) in [5, 5.41) is 12.5. The van der Waals surface area contributed by atoms with E-state index in [-0.39, 0.29) is 0 Å². The Labute approximate surface area is 120 Å². The van der Waals surface area contributed by atoms with Crippen molar-refractivity contribution >= 4 is 0 Å². The first-order chi connectivity index (χ1) is 9.72. The molecule has 0 bridgehead atoms. The Morgan fingerprint density at radius 3 is 3.00 bits per heavy atom. The van der Waals surface area contributed by atoms with Gasteiger partial charge in [0.05, 0.1) is 18.7 Å². The molecule has 4 heteroatoms. The Bertz CT molecular complexity index is 537. The maximum absolute atomic E-state index is 9.06. The SMILES string of the molecule is COc1ccc(C#N)cc1CN1CC2CNCC2C1C. The summed E-state index contributed by atoms with van der Waals surface area (Å²) in [6, 6.07) is 8.47. The third-order valence-corrected chi connectivity index (χ3v) is 4.84. The number of hydrogen-bond acceptors (Lipinski definition) is 4. The second-order valence-electron chi connectivity index (χ2n) is 5.89. The van der Waals surface area contributed by atoms with Crippen molar-refractivity contribution in [2.45, 2.75) is 19.5 Å². The molecule has 3 rings (SSSR count). The van der Waals surface area contributed by atoms with Gasteiger partial charge in [-0.2, -0.15) is 5.26 Å². The smallest absolute Gasteiger partial charge is 0.123 e. The highest BCUT2D eigenvalue weighted by Crippen LogP contribution is 2.34. The predicted molar refractivity (Wildman–Crippen MR) is 77.4 cm³/mol. The molecule has 1 aromatic carbocycles. The van der Waals surface area contributed by atoms with Crippen LogP contribution in [0.4, 0.5) is 0 Å². The van der Waals surface area contributed by atoms with Crippen molar-refractivity contribution in [1.82, 2.24) is 10.2 Å². The summed E-state index contributed by atoms with van der Waals surface area (Å²) in [4.78, 5) is 2.52. The van der Waals surface area contributed by atoms with Crippen LogP contribution < -0.4 is 10.1 Å². The van der Waals surface area contributed by atoms with Crippen molar-refractivity contribution in [3.8, 4) is 11.8 Å². The minimum atomic E-state index is 0.588. The molecule has 2 aliphatic heterocycles. The fourth-order valence-corrected chi connectivity index (χ4v) is 3.66. The maximum Gasteiger partial charge on any atom is 0.123 e. The van der Waals surface area contributed by atoms with Gasteiger partial charge in [0.2, 0.25) is 0 Å². The highest BCUT2D eigenvalue weighted by molar-refractivity contribution is 5.42. The van der Waals surface area contributed by atoms with Gasteiger partial charge in [-0.15, -0.1) is 0 Å². The highest BCUT2D eigenvalue weighted by atomic mass is 16.5. The van der Waals surface area contributed by atoms with Crippen molar-refractivity contribution < 1.29 is 4.74 Å². The van der Waals surface area contributed by atoms with E-state index in [9.17, 15) is 0 Å². The quantitative estimate of drug-likeness (QED) is 0.907. The number of rotatable bonds is 3. The first-order valence-electron chi connectivity index (χ1n) is 7.24. The predicted octanol–water partition coefficient (Wildman–Crippen LogP) is 1.61. The van der Waals surface area contributed by atoms with E-state index in [0.29, 0.717) is 11.6 Å². The van der Waals surface area contributed by atoms with Crippen molar-refractivity contribution in [1.29, 1.82) is 5.26 Å². The van der Waals surface area contributed by atoms with Gasteiger partial charge in [-0.3, -0.25) is 4.90 Å². The molecule has 2 saturated heterocycles. The molecule has 0 aromatic heterocycles. The third-order valence-electron chi connectivity index (χ3n) is 4.84. The number of nitrogens with zero attached hydrogens (tertiary/aromatic N) is 2. The van der Waals surface area contributed by atoms with E-state index >= 15 is 0 Å². The summed E-state index contributed by atoms with van der Waals surface area (Å²) in [6.45, 7) is 6.60. The van der Waals surface area contributed by atoms with Crippen LogP contribution in [0.1, 0.15) is 18.1 Å². The second-order valence-corrected chi connectivity index (χ2v) is 5.89. The zero-order valence-corrected chi connectivity index (χ0v) is 12.1. The topological polar surface area (TPSA) is 48.3 Å². The van der Waals surface area contributed by atoms with E-state index in [0.717, 1.165) is 49.3 Å². The van der Waals surface area contributed by atoms with Crippen molar-refractivity contribution in [3.63, 3.8) is 0 Å². The van der Waals surface area contributed by atoms with Gasteiger partial charge < -0.3 is 10.1 Å². The van der Waals surface area contributed by atoms with Crippen molar-refractivity contribution in [3.05, 3.63) is 29.3 Å². The Kier molecular flexibility index (Phi) is 3.64. The Morgan fingerprint density at radius 2 is 2.30 bits per heavy atom. The van der Waals surface area contributed by atoms with E-state index in [4.69, 9.17) is 10.00 Å². The summed E-state index contributed by atoms with van der Waals surface area (Å²) in [5.41, 5.74) is 1.82. The number of methoxy groups -OCH3 is 1. The molecule has 0 aliphatic carbocycles. The summed E-state index contributed by atoms with van der Waals surface area (Å²) < 4.78 is 5.44. The highest BCUT2D eigenvalue weighted by Gasteiger charge is 2.41. The number of nitrogens with one attached hydrogen (secondary N) is 1. The first-order valence-corrected chi connectivity index (χ1v) is 7.24. The Hall–Kier alpha value is -1.57. The Morgan fingerprint density at radius 1 is 1.45 bits per heavy atom. The molecule has 106 valence electrons. The van der Waals surface area contributed by atoms with Crippen LogP contribution in [0.25, 0.3) is 0 Å². The number of ether oxygens (including phenoxy) is 1. The lowest BCUT2D eigenvalue weighted by atomic mass is 9.95. The molecule has 0 saturated carbocycles. The van der Waals surface area contributed by atoms with Crippen LogP contribution in [0.15, 0.2) is 18.2 Å². The molecule has 2 aliphatic rings. The number of likely N-dealkylation sites (tertiary alicyclic amines) is 1. The van der Waals surface area contributed by atoms with Gasteiger partial charge in [-0.1, -0.05) is 0 Å². The van der Waals surface area contributed by atoms with Crippen molar-refractivity contribution in [2.24, 2.45) is 11.8 Å². The van der Waals surface area contributed by atoms with E-state index in [1.54, 1.807) is 7.11 Å². The second kappa shape index (κ2) is 5.43.